The van der Waals surface area contributed by atoms with Gasteiger partial charge in [-0.3, -0.25) is 9.48 Å². The third-order valence-electron chi connectivity index (χ3n) is 3.05. The molecule has 112 valence electrons. The van der Waals surface area contributed by atoms with Crippen LogP contribution >= 0.6 is 0 Å². The number of hydrogen-bond donors (Lipinski definition) is 0. The zero-order valence-corrected chi connectivity index (χ0v) is 12.5. The third kappa shape index (κ3) is 3.75. The molecule has 0 fully saturated rings. The predicted molar refractivity (Wildman–Crippen MR) is 77.5 cm³/mol. The molecule has 0 N–H and O–H groups in total. The summed E-state index contributed by atoms with van der Waals surface area (Å²) in [6.07, 6.45) is 3.22. The lowest BCUT2D eigenvalue weighted by molar-refractivity contribution is 0.112. The van der Waals surface area contributed by atoms with Crippen molar-refractivity contribution in [2.75, 3.05) is 12.0 Å². The number of rotatable bonds is 5. The molecule has 7 heteroatoms. The monoisotopic (exact) mass is 310 g/mol. The number of aldehydes is 1. The minimum absolute atomic E-state index is 0.0747. The van der Waals surface area contributed by atoms with Gasteiger partial charge in [-0.15, -0.1) is 0 Å². The van der Waals surface area contributed by atoms with Crippen molar-refractivity contribution < 1.29 is 17.6 Å². The highest BCUT2D eigenvalue weighted by atomic mass is 32.2. The highest BCUT2D eigenvalue weighted by Crippen LogP contribution is 2.23. The molecular formula is C14H15FN2O3S. The quantitative estimate of drug-likeness (QED) is 0.790. The third-order valence-corrected chi connectivity index (χ3v) is 3.98. The van der Waals surface area contributed by atoms with E-state index < -0.39 is 9.84 Å². The van der Waals surface area contributed by atoms with Crippen LogP contribution in [-0.2, 0) is 16.4 Å². The Bertz CT molecular complexity index is 782. The van der Waals surface area contributed by atoms with E-state index in [1.165, 1.54) is 16.9 Å². The highest BCUT2D eigenvalue weighted by molar-refractivity contribution is 7.90. The largest absolute Gasteiger partial charge is 0.298 e. The molecule has 0 aliphatic carbocycles. The summed E-state index contributed by atoms with van der Waals surface area (Å²) in [6, 6.07) is 4.59. The Balaban J connectivity index is 2.37. The maximum Gasteiger partial charge on any atom is 0.153 e. The predicted octanol–water partition coefficient (Wildman–Crippen LogP) is 1.85. The van der Waals surface area contributed by atoms with E-state index in [9.17, 15) is 17.6 Å². The fraction of sp³-hybridized carbons (Fsp3) is 0.286. The van der Waals surface area contributed by atoms with Gasteiger partial charge >= 0.3 is 0 Å². The minimum atomic E-state index is -3.12. The number of aromatic nitrogens is 2. The normalized spacial score (nSPS) is 11.6. The van der Waals surface area contributed by atoms with E-state index in [4.69, 9.17) is 0 Å². The van der Waals surface area contributed by atoms with Crippen molar-refractivity contribution in [2.45, 2.75) is 13.5 Å². The molecule has 21 heavy (non-hydrogen) atoms. The Morgan fingerprint density at radius 1 is 1.38 bits per heavy atom. The fourth-order valence-electron chi connectivity index (χ4n) is 1.86. The van der Waals surface area contributed by atoms with Gasteiger partial charge in [0.1, 0.15) is 21.3 Å². The number of aryl methyl sites for hydroxylation is 2. The molecule has 0 saturated carbocycles. The molecule has 0 saturated heterocycles. The van der Waals surface area contributed by atoms with Crippen molar-refractivity contribution in [3.05, 3.63) is 41.3 Å². The van der Waals surface area contributed by atoms with Crippen LogP contribution in [0.3, 0.4) is 0 Å². The summed E-state index contributed by atoms with van der Waals surface area (Å²) < 4.78 is 37.3. The lowest BCUT2D eigenvalue weighted by Gasteiger charge is -2.02. The van der Waals surface area contributed by atoms with E-state index in [0.29, 0.717) is 28.7 Å². The molecular weight excluding hydrogens is 295 g/mol. The van der Waals surface area contributed by atoms with E-state index in [2.05, 4.69) is 5.10 Å². The Labute approximate surface area is 122 Å². The van der Waals surface area contributed by atoms with E-state index in [1.807, 2.05) is 0 Å². The van der Waals surface area contributed by atoms with Gasteiger partial charge in [0.25, 0.3) is 0 Å². The number of carbonyl (C=O) groups excluding carboxylic acids is 1. The van der Waals surface area contributed by atoms with Crippen molar-refractivity contribution in [1.29, 1.82) is 0 Å². The second-order valence-corrected chi connectivity index (χ2v) is 7.17. The van der Waals surface area contributed by atoms with Gasteiger partial charge in [0.2, 0.25) is 0 Å². The molecule has 1 heterocycles. The minimum Gasteiger partial charge on any atom is -0.298 e. The Hall–Kier alpha value is -2.02. The first-order chi connectivity index (χ1) is 9.80. The van der Waals surface area contributed by atoms with Crippen molar-refractivity contribution in [3.8, 4) is 11.3 Å². The summed E-state index contributed by atoms with van der Waals surface area (Å²) in [5, 5.41) is 4.18. The maximum absolute atomic E-state index is 13.6. The summed E-state index contributed by atoms with van der Waals surface area (Å²) >= 11 is 0. The smallest absolute Gasteiger partial charge is 0.153 e. The lowest BCUT2D eigenvalue weighted by atomic mass is 10.1. The molecule has 0 spiro atoms. The summed E-state index contributed by atoms with van der Waals surface area (Å²) in [5.41, 5.74) is 1.63. The van der Waals surface area contributed by atoms with Gasteiger partial charge in [0, 0.05) is 18.0 Å². The lowest BCUT2D eigenvalue weighted by Crippen LogP contribution is -2.11. The standard InChI is InChI=1S/C14H15FN2O3S/c1-10-3-4-11(7-13(10)15)14-12(9-18)8-17(16-14)5-6-21(2,19)20/h3-4,7-9H,5-6H2,1-2H3. The van der Waals surface area contributed by atoms with Crippen molar-refractivity contribution in [3.63, 3.8) is 0 Å². The van der Waals surface area contributed by atoms with E-state index in [1.54, 1.807) is 19.1 Å². The van der Waals surface area contributed by atoms with Crippen LogP contribution in [0.4, 0.5) is 4.39 Å². The molecule has 0 aliphatic rings. The van der Waals surface area contributed by atoms with Gasteiger partial charge in [-0.25, -0.2) is 12.8 Å². The first kappa shape index (κ1) is 15.4. The summed E-state index contributed by atoms with van der Waals surface area (Å²) in [6.45, 7) is 1.79. The molecule has 0 amide bonds. The SMILES string of the molecule is Cc1ccc(-c2nn(CCS(C)(=O)=O)cc2C=O)cc1F. The van der Waals surface area contributed by atoms with Crippen LogP contribution in [0.1, 0.15) is 15.9 Å². The molecule has 2 aromatic rings. The summed E-state index contributed by atoms with van der Waals surface area (Å²) in [5.74, 6) is -0.454. The van der Waals surface area contributed by atoms with Gasteiger partial charge in [-0.2, -0.15) is 5.10 Å². The van der Waals surface area contributed by atoms with Gasteiger partial charge in [0.05, 0.1) is 17.9 Å². The zero-order valence-electron chi connectivity index (χ0n) is 11.7. The van der Waals surface area contributed by atoms with E-state index in [-0.39, 0.29) is 18.1 Å². The molecule has 1 aromatic carbocycles. The van der Waals surface area contributed by atoms with Crippen LogP contribution in [0.25, 0.3) is 11.3 Å². The Kier molecular flexibility index (Phi) is 4.22. The summed E-state index contributed by atoms with van der Waals surface area (Å²) in [7, 11) is -3.12. The van der Waals surface area contributed by atoms with Crippen LogP contribution in [0, 0.1) is 12.7 Å². The molecule has 2 rings (SSSR count). The number of sulfone groups is 1. The van der Waals surface area contributed by atoms with Crippen molar-refractivity contribution in [1.82, 2.24) is 9.78 Å². The average molecular weight is 310 g/mol. The number of carbonyl (C=O) groups is 1. The van der Waals surface area contributed by atoms with E-state index in [0.717, 1.165) is 6.26 Å². The van der Waals surface area contributed by atoms with Gasteiger partial charge in [-0.05, 0) is 18.6 Å². The molecule has 0 radical (unpaired) electrons. The molecule has 1 aromatic heterocycles. The topological polar surface area (TPSA) is 69.0 Å². The first-order valence-corrected chi connectivity index (χ1v) is 8.33. The Morgan fingerprint density at radius 2 is 2.10 bits per heavy atom. The van der Waals surface area contributed by atoms with Crippen LogP contribution < -0.4 is 0 Å². The molecule has 0 aliphatic heterocycles. The first-order valence-electron chi connectivity index (χ1n) is 6.27. The zero-order chi connectivity index (χ0) is 15.6. The van der Waals surface area contributed by atoms with Gasteiger partial charge in [-0.1, -0.05) is 12.1 Å². The molecule has 0 atom stereocenters. The van der Waals surface area contributed by atoms with Crippen LogP contribution in [-0.4, -0.2) is 36.5 Å². The molecule has 5 nitrogen and oxygen atoms in total. The second-order valence-electron chi connectivity index (χ2n) is 4.91. The summed E-state index contributed by atoms with van der Waals surface area (Å²) in [4.78, 5) is 11.1. The maximum atomic E-state index is 13.6. The molecule has 0 bridgehead atoms. The number of halogens is 1. The molecule has 0 unspecified atom stereocenters. The fourth-order valence-corrected chi connectivity index (χ4v) is 2.38. The van der Waals surface area contributed by atoms with Crippen LogP contribution in [0.5, 0.6) is 0 Å². The van der Waals surface area contributed by atoms with Gasteiger partial charge in [0.15, 0.2) is 6.29 Å². The highest BCUT2D eigenvalue weighted by Gasteiger charge is 2.13. The average Bonchev–Trinajstić information content (AvgIpc) is 2.82. The number of benzene rings is 1. The number of hydrogen-bond acceptors (Lipinski definition) is 4. The van der Waals surface area contributed by atoms with Crippen LogP contribution in [0.2, 0.25) is 0 Å². The van der Waals surface area contributed by atoms with Gasteiger partial charge < -0.3 is 0 Å². The van der Waals surface area contributed by atoms with Crippen molar-refractivity contribution in [2.24, 2.45) is 0 Å². The van der Waals surface area contributed by atoms with E-state index >= 15 is 0 Å². The number of nitrogens with zero attached hydrogens (tertiary/aromatic N) is 2. The Morgan fingerprint density at radius 3 is 2.67 bits per heavy atom. The van der Waals surface area contributed by atoms with Crippen molar-refractivity contribution >= 4 is 16.1 Å². The van der Waals surface area contributed by atoms with Crippen LogP contribution in [0.15, 0.2) is 24.4 Å². The second kappa shape index (κ2) is 5.77.